The molecule has 4 nitrogen and oxygen atoms in total. The number of sulfonamides is 1. The lowest BCUT2D eigenvalue weighted by atomic mass is 10.3. The van der Waals surface area contributed by atoms with Crippen molar-refractivity contribution in [2.75, 3.05) is 4.72 Å². The van der Waals surface area contributed by atoms with Crippen LogP contribution in [0.15, 0.2) is 12.1 Å². The Kier molecular flexibility index (Phi) is 4.75. The quantitative estimate of drug-likeness (QED) is 0.643. The maximum atomic E-state index is 13.3. The molecule has 0 aliphatic carbocycles. The van der Waals surface area contributed by atoms with Crippen LogP contribution in [-0.4, -0.2) is 18.7 Å². The molecular weight excluding hydrogens is 301 g/mol. The van der Waals surface area contributed by atoms with Crippen molar-refractivity contribution in [3.8, 4) is 0 Å². The van der Waals surface area contributed by atoms with Gasteiger partial charge in [-0.1, -0.05) is 19.1 Å². The fourth-order valence-corrected chi connectivity index (χ4v) is 3.32. The molecule has 1 unspecified atom stereocenters. The normalized spacial score (nSPS) is 13.1. The topological polar surface area (TPSA) is 72.2 Å². The van der Waals surface area contributed by atoms with Crippen LogP contribution in [0.25, 0.3) is 0 Å². The largest absolute Gasteiger partial charge is 0.392 e. The number of thiocarbonyl (C=S) groups is 1. The molecule has 0 aromatic heterocycles. The second-order valence-corrected chi connectivity index (χ2v) is 6.03. The van der Waals surface area contributed by atoms with Crippen LogP contribution in [0.3, 0.4) is 0 Å². The van der Waals surface area contributed by atoms with Gasteiger partial charge in [0.15, 0.2) is 11.6 Å². The number of nitrogens with two attached hydrogens (primary N) is 1. The Morgan fingerprint density at radius 3 is 2.47 bits per heavy atom. The monoisotopic (exact) mass is 312 g/mol. The van der Waals surface area contributed by atoms with Crippen molar-refractivity contribution >= 4 is 32.9 Å². The van der Waals surface area contributed by atoms with Gasteiger partial charge in [-0.2, -0.15) is 0 Å². The van der Waals surface area contributed by atoms with Crippen LogP contribution < -0.4 is 10.5 Å². The fraction of sp³-hybridized carbons (Fsp3) is 0.300. The summed E-state index contributed by atoms with van der Waals surface area (Å²) >= 11 is 4.58. The van der Waals surface area contributed by atoms with Crippen LogP contribution in [0.5, 0.6) is 0 Å². The molecule has 19 heavy (non-hydrogen) atoms. The standard InChI is InChI=1S/C10H11F3N2O2S2/c1-2-8(10(14)18)19(16,17)15-7-4-5(11)3-6(12)9(7)13/h3-4,8,15H,2H2,1H3,(H2,14,18). The van der Waals surface area contributed by atoms with E-state index in [9.17, 15) is 21.6 Å². The summed E-state index contributed by atoms with van der Waals surface area (Å²) in [6.07, 6.45) is 0.0457. The van der Waals surface area contributed by atoms with Gasteiger partial charge in [0.2, 0.25) is 10.0 Å². The summed E-state index contributed by atoms with van der Waals surface area (Å²) in [5.41, 5.74) is 4.43. The molecule has 0 fully saturated rings. The molecule has 1 rings (SSSR count). The molecular formula is C10H11F3N2O2S2. The maximum Gasteiger partial charge on any atom is 0.242 e. The smallest absolute Gasteiger partial charge is 0.242 e. The Morgan fingerprint density at radius 1 is 1.42 bits per heavy atom. The number of hydrogen-bond acceptors (Lipinski definition) is 3. The highest BCUT2D eigenvalue weighted by atomic mass is 32.2. The third-order valence-electron chi connectivity index (χ3n) is 2.31. The fourth-order valence-electron chi connectivity index (χ4n) is 1.43. The highest BCUT2D eigenvalue weighted by molar-refractivity contribution is 7.95. The lowest BCUT2D eigenvalue weighted by molar-refractivity contribution is 0.498. The van der Waals surface area contributed by atoms with Crippen molar-refractivity contribution in [3.05, 3.63) is 29.6 Å². The second kappa shape index (κ2) is 5.74. The van der Waals surface area contributed by atoms with Crippen molar-refractivity contribution in [3.63, 3.8) is 0 Å². The first-order valence-corrected chi connectivity index (χ1v) is 7.10. The Hall–Kier alpha value is -1.35. The Labute approximate surface area is 113 Å². The zero-order chi connectivity index (χ0) is 14.8. The number of hydrogen-bond donors (Lipinski definition) is 2. The molecule has 0 bridgehead atoms. The lowest BCUT2D eigenvalue weighted by Crippen LogP contribution is -2.37. The van der Waals surface area contributed by atoms with Crippen LogP contribution in [0.2, 0.25) is 0 Å². The lowest BCUT2D eigenvalue weighted by Gasteiger charge is -2.16. The molecule has 0 spiro atoms. The van der Waals surface area contributed by atoms with E-state index in [4.69, 9.17) is 5.73 Å². The molecule has 9 heteroatoms. The van der Waals surface area contributed by atoms with E-state index in [2.05, 4.69) is 12.2 Å². The summed E-state index contributed by atoms with van der Waals surface area (Å²) in [6.45, 7) is 1.51. The SMILES string of the molecule is CCC(C(N)=S)S(=O)(=O)Nc1cc(F)cc(F)c1F. The average molecular weight is 312 g/mol. The van der Waals surface area contributed by atoms with Gasteiger partial charge in [0.25, 0.3) is 0 Å². The third-order valence-corrected chi connectivity index (χ3v) is 4.58. The van der Waals surface area contributed by atoms with Crippen molar-refractivity contribution in [1.29, 1.82) is 0 Å². The molecule has 0 amide bonds. The van der Waals surface area contributed by atoms with Gasteiger partial charge in [0.05, 0.1) is 10.7 Å². The predicted molar refractivity (Wildman–Crippen MR) is 69.7 cm³/mol. The van der Waals surface area contributed by atoms with Gasteiger partial charge in [-0.05, 0) is 6.42 Å². The molecule has 0 saturated carbocycles. The summed E-state index contributed by atoms with van der Waals surface area (Å²) in [4.78, 5) is -0.313. The second-order valence-electron chi connectivity index (χ2n) is 3.70. The van der Waals surface area contributed by atoms with Gasteiger partial charge in [-0.25, -0.2) is 21.6 Å². The molecule has 1 aromatic carbocycles. The molecule has 0 heterocycles. The van der Waals surface area contributed by atoms with E-state index in [0.717, 1.165) is 0 Å². The van der Waals surface area contributed by atoms with Crippen molar-refractivity contribution < 1.29 is 21.6 Å². The first-order valence-electron chi connectivity index (χ1n) is 5.14. The maximum absolute atomic E-state index is 13.3. The van der Waals surface area contributed by atoms with E-state index in [1.807, 2.05) is 0 Å². The minimum absolute atomic E-state index is 0.0457. The highest BCUT2D eigenvalue weighted by Crippen LogP contribution is 2.22. The van der Waals surface area contributed by atoms with Gasteiger partial charge in [-0.3, -0.25) is 4.72 Å². The van der Waals surface area contributed by atoms with E-state index in [1.165, 1.54) is 6.92 Å². The van der Waals surface area contributed by atoms with E-state index in [0.29, 0.717) is 12.1 Å². The third kappa shape index (κ3) is 3.57. The zero-order valence-corrected chi connectivity index (χ0v) is 11.4. The van der Waals surface area contributed by atoms with Crippen LogP contribution in [0, 0.1) is 17.5 Å². The summed E-state index contributed by atoms with van der Waals surface area (Å²) in [7, 11) is -4.17. The zero-order valence-electron chi connectivity index (χ0n) is 9.78. The van der Waals surface area contributed by atoms with Crippen LogP contribution in [0.1, 0.15) is 13.3 Å². The van der Waals surface area contributed by atoms with Crippen molar-refractivity contribution in [2.45, 2.75) is 18.6 Å². The summed E-state index contributed by atoms with van der Waals surface area (Å²) < 4.78 is 64.7. The molecule has 1 aromatic rings. The first-order chi connectivity index (χ1) is 8.69. The van der Waals surface area contributed by atoms with Gasteiger partial charge in [0.1, 0.15) is 11.1 Å². The van der Waals surface area contributed by atoms with E-state index in [-0.39, 0.29) is 11.4 Å². The first kappa shape index (κ1) is 15.7. The van der Waals surface area contributed by atoms with Crippen LogP contribution in [-0.2, 0) is 10.0 Å². The van der Waals surface area contributed by atoms with Gasteiger partial charge >= 0.3 is 0 Å². The van der Waals surface area contributed by atoms with E-state index in [1.54, 1.807) is 4.72 Å². The average Bonchev–Trinajstić information content (AvgIpc) is 2.24. The van der Waals surface area contributed by atoms with Crippen molar-refractivity contribution in [1.82, 2.24) is 0 Å². The Bertz CT molecular complexity index is 605. The number of halogens is 3. The van der Waals surface area contributed by atoms with E-state index < -0.39 is 38.4 Å². The van der Waals surface area contributed by atoms with Crippen molar-refractivity contribution in [2.24, 2.45) is 5.73 Å². The number of nitrogens with one attached hydrogen (secondary N) is 1. The predicted octanol–water partition coefficient (Wildman–Crippen LogP) is 1.91. The number of anilines is 1. The summed E-state index contributed by atoms with van der Waals surface area (Å²) in [6, 6.07) is 0.834. The Balaban J connectivity index is 3.19. The number of rotatable bonds is 5. The number of benzene rings is 1. The minimum Gasteiger partial charge on any atom is -0.392 e. The molecule has 3 N–H and O–H groups in total. The molecule has 1 atom stereocenters. The highest BCUT2D eigenvalue weighted by Gasteiger charge is 2.28. The van der Waals surface area contributed by atoms with Crippen LogP contribution in [0.4, 0.5) is 18.9 Å². The molecule has 0 saturated heterocycles. The summed E-state index contributed by atoms with van der Waals surface area (Å²) in [5, 5.41) is -1.26. The minimum atomic E-state index is -4.17. The summed E-state index contributed by atoms with van der Waals surface area (Å²) in [5.74, 6) is -4.11. The molecule has 0 radical (unpaired) electrons. The van der Waals surface area contributed by atoms with Gasteiger partial charge < -0.3 is 5.73 Å². The molecule has 106 valence electrons. The molecule has 0 aliphatic rings. The van der Waals surface area contributed by atoms with Gasteiger partial charge in [0, 0.05) is 12.1 Å². The molecule has 0 aliphatic heterocycles. The van der Waals surface area contributed by atoms with Gasteiger partial charge in [-0.15, -0.1) is 0 Å². The van der Waals surface area contributed by atoms with Crippen LogP contribution >= 0.6 is 12.2 Å². The Morgan fingerprint density at radius 2 is 2.00 bits per heavy atom. The van der Waals surface area contributed by atoms with E-state index >= 15 is 0 Å².